The van der Waals surface area contributed by atoms with Gasteiger partial charge in [-0.2, -0.15) is 0 Å². The highest BCUT2D eigenvalue weighted by Crippen LogP contribution is 2.47. The molecule has 1 amide bonds. The fourth-order valence-electron chi connectivity index (χ4n) is 8.62. The summed E-state index contributed by atoms with van der Waals surface area (Å²) >= 11 is 0. The van der Waals surface area contributed by atoms with Crippen molar-refractivity contribution in [2.45, 2.75) is 287 Å². The van der Waals surface area contributed by atoms with Crippen LogP contribution in [0.4, 0.5) is 0 Å². The van der Waals surface area contributed by atoms with E-state index in [0.717, 1.165) is 64.2 Å². The molecule has 9 N–H and O–H groups in total. The molecule has 13 nitrogen and oxygen atoms in total. The third-order valence-corrected chi connectivity index (χ3v) is 14.1. The Morgan fingerprint density at radius 1 is 0.507 bits per heavy atom. The number of aliphatic hydroxyl groups is 7. The summed E-state index contributed by atoms with van der Waals surface area (Å²) in [6, 6.07) is -1.27. The van der Waals surface area contributed by atoms with Crippen molar-refractivity contribution in [3.05, 3.63) is 48.6 Å². The third-order valence-electron chi connectivity index (χ3n) is 13.1. The van der Waals surface area contributed by atoms with Crippen molar-refractivity contribution >= 4 is 13.7 Å². The van der Waals surface area contributed by atoms with Crippen LogP contribution in [-0.4, -0.2) is 108 Å². The Labute approximate surface area is 419 Å². The zero-order chi connectivity index (χ0) is 50.8. The van der Waals surface area contributed by atoms with Crippen LogP contribution >= 0.6 is 7.82 Å². The van der Waals surface area contributed by atoms with Crippen molar-refractivity contribution in [2.75, 3.05) is 6.61 Å². The molecule has 0 spiro atoms. The van der Waals surface area contributed by atoms with Crippen LogP contribution in [0.1, 0.15) is 232 Å². The molecule has 1 rings (SSSR count). The average molecular weight is 1000 g/mol. The average Bonchev–Trinajstić information content (AvgIpc) is 3.32. The predicted molar refractivity (Wildman–Crippen MR) is 280 cm³/mol. The number of hydrogen-bond donors (Lipinski definition) is 9. The lowest BCUT2D eigenvalue weighted by atomic mass is 9.85. The number of allylic oxidation sites excluding steroid dienone is 7. The normalized spacial score (nSPS) is 22.3. The first-order chi connectivity index (χ1) is 33.3. The van der Waals surface area contributed by atoms with Crippen molar-refractivity contribution in [3.8, 4) is 0 Å². The topological polar surface area (TPSA) is 226 Å². The Kier molecular flexibility index (Phi) is 41.4. The Hall–Kier alpha value is -1.74. The summed E-state index contributed by atoms with van der Waals surface area (Å²) in [4.78, 5) is 23.5. The van der Waals surface area contributed by atoms with Crippen molar-refractivity contribution in [1.82, 2.24) is 5.32 Å². The summed E-state index contributed by atoms with van der Waals surface area (Å²) in [7, 11) is -5.16. The fourth-order valence-corrected chi connectivity index (χ4v) is 9.59. The van der Waals surface area contributed by atoms with Gasteiger partial charge in [0, 0.05) is 0 Å². The van der Waals surface area contributed by atoms with Gasteiger partial charge in [0.05, 0.1) is 31.3 Å². The van der Waals surface area contributed by atoms with Crippen LogP contribution in [0.5, 0.6) is 0 Å². The molecular weight excluding hydrogens is 898 g/mol. The fraction of sp³-hybridized carbons (Fsp3) is 0.836. The van der Waals surface area contributed by atoms with E-state index in [2.05, 4.69) is 55.6 Å². The number of unbranched alkanes of at least 4 members (excludes halogenated alkanes) is 27. The zero-order valence-corrected chi connectivity index (χ0v) is 44.1. The van der Waals surface area contributed by atoms with E-state index in [1.54, 1.807) is 6.08 Å². The van der Waals surface area contributed by atoms with Crippen molar-refractivity contribution in [3.63, 3.8) is 0 Å². The van der Waals surface area contributed by atoms with Gasteiger partial charge < -0.3 is 46.0 Å². The van der Waals surface area contributed by atoms with E-state index in [4.69, 9.17) is 9.05 Å². The summed E-state index contributed by atoms with van der Waals surface area (Å²) in [5.74, 6) is -0.610. The van der Waals surface area contributed by atoms with Gasteiger partial charge in [0.1, 0.15) is 36.6 Å². The molecule has 1 fully saturated rings. The second-order valence-electron chi connectivity index (χ2n) is 19.6. The predicted octanol–water partition coefficient (Wildman–Crippen LogP) is 11.0. The second-order valence-corrected chi connectivity index (χ2v) is 21.0. The minimum absolute atomic E-state index is 0.262. The Morgan fingerprint density at radius 2 is 0.855 bits per heavy atom. The highest BCUT2D eigenvalue weighted by atomic mass is 31.2. The van der Waals surface area contributed by atoms with E-state index in [9.17, 15) is 50.0 Å². The molecule has 0 aliphatic heterocycles. The molecule has 0 saturated heterocycles. The van der Waals surface area contributed by atoms with Crippen LogP contribution in [0.25, 0.3) is 0 Å². The van der Waals surface area contributed by atoms with Gasteiger partial charge in [0.15, 0.2) is 0 Å². The summed E-state index contributed by atoms with van der Waals surface area (Å²) in [6.45, 7) is 3.75. The lowest BCUT2D eigenvalue weighted by Gasteiger charge is -2.41. The number of aliphatic hydroxyl groups excluding tert-OH is 7. The zero-order valence-electron chi connectivity index (χ0n) is 43.2. The lowest BCUT2D eigenvalue weighted by Crippen LogP contribution is -2.64. The van der Waals surface area contributed by atoms with Crippen molar-refractivity contribution in [2.24, 2.45) is 0 Å². The molecule has 1 aliphatic carbocycles. The smallest absolute Gasteiger partial charge is 0.393 e. The highest BCUT2D eigenvalue weighted by Gasteiger charge is 2.51. The second kappa shape index (κ2) is 43.8. The molecular formula is C55H102NO12P. The van der Waals surface area contributed by atoms with Crippen molar-refractivity contribution in [1.29, 1.82) is 0 Å². The summed E-state index contributed by atoms with van der Waals surface area (Å²) in [5, 5.41) is 74.7. The molecule has 0 aromatic rings. The van der Waals surface area contributed by atoms with Crippen molar-refractivity contribution < 1.29 is 59.0 Å². The molecule has 404 valence electrons. The Balaban J connectivity index is 2.49. The standard InChI is InChI=1S/C55H102NO12P/c1-3-5-7-9-11-13-15-17-19-21-23-25-26-28-30-32-34-36-38-40-42-46(57)44-49(59)56-47(45-67-69(65,66)68-55-53(63)51(61)50(60)52(62)54(55)64)48(58)43-41-39-37-35-33-31-29-27-24-22-20-18-16-14-12-10-8-6-4-2/h24,26-28,33,35,41,43,46-48,50-55,57-58,60-64H,3-23,25,29-32,34,36-40,42,44-45H2,1-2H3,(H,56,59)(H,65,66)/b27-24+,28-26-,35-33+,43-41+. The maximum absolute atomic E-state index is 13.1. The first-order valence-corrected chi connectivity index (χ1v) is 29.2. The molecule has 0 aromatic carbocycles. The van der Waals surface area contributed by atoms with E-state index >= 15 is 0 Å². The Morgan fingerprint density at radius 3 is 1.28 bits per heavy atom. The number of carbonyl (C=O) groups excluding carboxylic acids is 1. The van der Waals surface area contributed by atoms with Gasteiger partial charge >= 0.3 is 7.82 Å². The van der Waals surface area contributed by atoms with E-state index in [1.807, 2.05) is 0 Å². The number of rotatable bonds is 46. The van der Waals surface area contributed by atoms with Crippen LogP contribution < -0.4 is 5.32 Å². The number of carbonyl (C=O) groups is 1. The molecule has 0 bridgehead atoms. The quantitative estimate of drug-likeness (QED) is 0.0158. The van der Waals surface area contributed by atoms with Gasteiger partial charge in [-0.15, -0.1) is 0 Å². The third kappa shape index (κ3) is 35.1. The summed E-state index contributed by atoms with van der Waals surface area (Å²) in [6.07, 6.45) is 40.5. The number of amides is 1. The number of nitrogens with one attached hydrogen (secondary N) is 1. The van der Waals surface area contributed by atoms with E-state index in [-0.39, 0.29) is 6.42 Å². The maximum Gasteiger partial charge on any atom is 0.472 e. The molecule has 8 unspecified atom stereocenters. The molecule has 69 heavy (non-hydrogen) atoms. The van der Waals surface area contributed by atoms with Gasteiger partial charge in [-0.05, 0) is 70.6 Å². The SMILES string of the molecule is CCCCCCCCCCC/C=C/CC/C=C/CC/C=C/C(O)C(COP(=O)(O)OC1C(O)C(O)C(O)C(O)C1O)NC(=O)CC(O)CCCCCCC/C=C\CCCCCCCCCCCCC. The summed E-state index contributed by atoms with van der Waals surface area (Å²) < 4.78 is 22.9. The lowest BCUT2D eigenvalue weighted by molar-refractivity contribution is -0.220. The van der Waals surface area contributed by atoms with Crippen LogP contribution in [-0.2, 0) is 18.4 Å². The highest BCUT2D eigenvalue weighted by molar-refractivity contribution is 7.47. The first-order valence-electron chi connectivity index (χ1n) is 27.7. The number of phosphoric ester groups is 1. The van der Waals surface area contributed by atoms with Gasteiger partial charge in [0.25, 0.3) is 0 Å². The molecule has 8 atom stereocenters. The largest absolute Gasteiger partial charge is 0.472 e. The van der Waals surface area contributed by atoms with Gasteiger partial charge in [0.2, 0.25) is 5.91 Å². The molecule has 14 heteroatoms. The van der Waals surface area contributed by atoms with Crippen LogP contribution in [0.15, 0.2) is 48.6 Å². The maximum atomic E-state index is 13.1. The number of phosphoric acid groups is 1. The van der Waals surface area contributed by atoms with Gasteiger partial charge in [-0.1, -0.05) is 204 Å². The van der Waals surface area contributed by atoms with E-state index in [0.29, 0.717) is 19.3 Å². The van der Waals surface area contributed by atoms with E-state index in [1.165, 1.54) is 134 Å². The summed E-state index contributed by atoms with van der Waals surface area (Å²) in [5.41, 5.74) is 0. The molecule has 1 aliphatic rings. The minimum Gasteiger partial charge on any atom is -0.393 e. The Bertz CT molecular complexity index is 1360. The first kappa shape index (κ1) is 65.3. The van der Waals surface area contributed by atoms with Crippen LogP contribution in [0.3, 0.4) is 0 Å². The molecule has 0 radical (unpaired) electrons. The van der Waals surface area contributed by atoms with Gasteiger partial charge in [-0.25, -0.2) is 4.57 Å². The minimum atomic E-state index is -5.16. The van der Waals surface area contributed by atoms with Crippen LogP contribution in [0.2, 0.25) is 0 Å². The monoisotopic (exact) mass is 1000 g/mol. The molecule has 0 aromatic heterocycles. The molecule has 1 saturated carbocycles. The molecule has 0 heterocycles. The van der Waals surface area contributed by atoms with Crippen LogP contribution in [0, 0.1) is 0 Å². The van der Waals surface area contributed by atoms with E-state index < -0.39 is 75.2 Å². The number of hydrogen-bond acceptors (Lipinski definition) is 11. The van der Waals surface area contributed by atoms with Gasteiger partial charge in [-0.3, -0.25) is 13.8 Å².